The summed E-state index contributed by atoms with van der Waals surface area (Å²) in [4.78, 5) is 33.9. The highest BCUT2D eigenvalue weighted by molar-refractivity contribution is 5.69. The number of ether oxygens (including phenoxy) is 2. The average Bonchev–Trinajstić information content (AvgIpc) is 3.87. The summed E-state index contributed by atoms with van der Waals surface area (Å²) in [5.41, 5.74) is 4.04. The predicted molar refractivity (Wildman–Crippen MR) is 175 cm³/mol. The van der Waals surface area contributed by atoms with Gasteiger partial charge in [0.25, 0.3) is 0 Å². The molecule has 45 heavy (non-hydrogen) atoms. The maximum Gasteiger partial charge on any atom is 0.410 e. The van der Waals surface area contributed by atoms with Gasteiger partial charge in [0.1, 0.15) is 11.4 Å². The Morgan fingerprint density at radius 2 is 2.04 bits per heavy atom. The summed E-state index contributed by atoms with van der Waals surface area (Å²) in [5, 5.41) is 9.66. The number of pyridine rings is 1. The van der Waals surface area contributed by atoms with Gasteiger partial charge in [0.05, 0.1) is 49.3 Å². The molecule has 5 rings (SSSR count). The van der Waals surface area contributed by atoms with Crippen LogP contribution in [0.15, 0.2) is 31.1 Å². The van der Waals surface area contributed by atoms with Crippen molar-refractivity contribution in [3.05, 3.63) is 47.9 Å². The van der Waals surface area contributed by atoms with E-state index in [2.05, 4.69) is 40.4 Å². The monoisotopic (exact) mass is 615 g/mol. The minimum absolute atomic E-state index is 0.214. The molecule has 0 bridgehead atoms. The molecule has 2 atom stereocenters. The zero-order valence-corrected chi connectivity index (χ0v) is 27.5. The van der Waals surface area contributed by atoms with Crippen molar-refractivity contribution in [2.75, 3.05) is 42.6 Å². The Hall–Kier alpha value is -3.87. The van der Waals surface area contributed by atoms with Gasteiger partial charge in [-0.1, -0.05) is 25.8 Å². The fourth-order valence-electron chi connectivity index (χ4n) is 6.40. The van der Waals surface area contributed by atoms with Crippen molar-refractivity contribution < 1.29 is 14.3 Å². The van der Waals surface area contributed by atoms with Gasteiger partial charge in [-0.25, -0.2) is 4.79 Å². The van der Waals surface area contributed by atoms with Crippen LogP contribution in [0.4, 0.5) is 16.3 Å². The quantitative estimate of drug-likeness (QED) is 0.250. The second-order valence-corrected chi connectivity index (χ2v) is 13.6. The van der Waals surface area contributed by atoms with Gasteiger partial charge in [-0.2, -0.15) is 15.2 Å². The van der Waals surface area contributed by atoms with E-state index in [0.29, 0.717) is 50.6 Å². The average molecular weight is 616 g/mol. The number of hydrogen-bond donors (Lipinski definition) is 0. The Labute approximate surface area is 268 Å². The number of piperazine rings is 1. The number of hydrogen-bond acceptors (Lipinski definition) is 9. The number of unbranched alkanes of at least 4 members (excludes halogenated alkanes) is 1. The van der Waals surface area contributed by atoms with Crippen molar-refractivity contribution in [1.29, 1.82) is 5.26 Å². The maximum absolute atomic E-state index is 13.1. The van der Waals surface area contributed by atoms with E-state index in [1.165, 1.54) is 24.1 Å². The minimum atomic E-state index is -0.608. The summed E-state index contributed by atoms with van der Waals surface area (Å²) in [6.45, 7) is 15.3. The van der Waals surface area contributed by atoms with Crippen LogP contribution in [-0.4, -0.2) is 70.4 Å². The highest BCUT2D eigenvalue weighted by atomic mass is 16.6. The van der Waals surface area contributed by atoms with Crippen LogP contribution in [0.2, 0.25) is 0 Å². The van der Waals surface area contributed by atoms with E-state index in [0.717, 1.165) is 55.7 Å². The van der Waals surface area contributed by atoms with Crippen LogP contribution in [0, 0.1) is 17.2 Å². The Morgan fingerprint density at radius 3 is 2.76 bits per heavy atom. The fraction of sp³-hybridized carbons (Fsp3) is 0.629. The topological polar surface area (TPSA) is 108 Å². The van der Waals surface area contributed by atoms with Crippen molar-refractivity contribution in [3.8, 4) is 12.1 Å². The molecule has 0 unspecified atom stereocenters. The van der Waals surface area contributed by atoms with Crippen LogP contribution in [-0.2, 0) is 17.7 Å². The van der Waals surface area contributed by atoms with Crippen LogP contribution in [0.5, 0.6) is 6.01 Å². The molecule has 0 spiro atoms. The molecule has 242 valence electrons. The highest BCUT2D eigenvalue weighted by Gasteiger charge is 2.36. The van der Waals surface area contributed by atoms with Crippen molar-refractivity contribution in [2.45, 2.75) is 103 Å². The number of fused-ring (bicyclic) bond motifs is 1. The first-order valence-corrected chi connectivity index (χ1v) is 16.6. The van der Waals surface area contributed by atoms with Crippen molar-refractivity contribution >= 4 is 17.6 Å². The Kier molecular flexibility index (Phi) is 10.5. The number of carbonyl (C=O) groups excluding carboxylic acids is 1. The molecular weight excluding hydrogens is 566 g/mol. The van der Waals surface area contributed by atoms with Crippen LogP contribution < -0.4 is 14.5 Å². The van der Waals surface area contributed by atoms with Gasteiger partial charge in [-0.3, -0.25) is 4.98 Å². The van der Waals surface area contributed by atoms with Gasteiger partial charge in [-0.05, 0) is 76.3 Å². The van der Waals surface area contributed by atoms with Gasteiger partial charge in [0, 0.05) is 37.9 Å². The molecule has 1 aliphatic carbocycles. The molecule has 0 radical (unpaired) electrons. The number of aromatic nitrogens is 3. The molecule has 4 heterocycles. The Morgan fingerprint density at radius 1 is 1.22 bits per heavy atom. The van der Waals surface area contributed by atoms with E-state index in [1.54, 1.807) is 4.90 Å². The highest BCUT2D eigenvalue weighted by Crippen LogP contribution is 2.45. The maximum atomic E-state index is 13.1. The second-order valence-electron chi connectivity index (χ2n) is 13.6. The number of nitrogens with zero attached hydrogens (tertiary/aromatic N) is 7. The minimum Gasteiger partial charge on any atom is -0.463 e. The third kappa shape index (κ3) is 8.24. The van der Waals surface area contributed by atoms with Crippen LogP contribution in [0.25, 0.3) is 0 Å². The summed E-state index contributed by atoms with van der Waals surface area (Å²) in [6, 6.07) is 4.52. The van der Waals surface area contributed by atoms with E-state index < -0.39 is 5.60 Å². The predicted octanol–water partition coefficient (Wildman–Crippen LogP) is 6.41. The van der Waals surface area contributed by atoms with Crippen LogP contribution in [0.1, 0.15) is 95.4 Å². The molecule has 10 heteroatoms. The molecule has 1 saturated carbocycles. The van der Waals surface area contributed by atoms with Gasteiger partial charge in [-0.15, -0.1) is 6.58 Å². The van der Waals surface area contributed by atoms with Crippen molar-refractivity contribution in [3.63, 3.8) is 0 Å². The number of amides is 1. The summed E-state index contributed by atoms with van der Waals surface area (Å²) >= 11 is 0. The molecule has 2 fully saturated rings. The Bertz CT molecular complexity index is 1380. The summed E-state index contributed by atoms with van der Waals surface area (Å²) < 4.78 is 12.0. The molecule has 0 N–H and O–H groups in total. The molecule has 10 nitrogen and oxygen atoms in total. The van der Waals surface area contributed by atoms with E-state index in [1.807, 2.05) is 39.2 Å². The van der Waals surface area contributed by atoms with Gasteiger partial charge >= 0.3 is 12.1 Å². The number of nitriles is 1. The number of rotatable bonds is 12. The molecule has 0 aromatic carbocycles. The lowest BCUT2D eigenvalue weighted by Crippen LogP contribution is -2.56. The summed E-state index contributed by atoms with van der Waals surface area (Å²) in [7, 11) is 0. The normalized spacial score (nSPS) is 19.0. The van der Waals surface area contributed by atoms with E-state index in [4.69, 9.17) is 19.4 Å². The molecule has 2 aliphatic heterocycles. The molecule has 1 saturated heterocycles. The first kappa shape index (κ1) is 32.5. The molecular formula is C35H49N7O3. The third-order valence-corrected chi connectivity index (χ3v) is 8.86. The molecule has 2 aromatic heterocycles. The van der Waals surface area contributed by atoms with Gasteiger partial charge < -0.3 is 24.2 Å². The molecule has 2 aromatic rings. The van der Waals surface area contributed by atoms with Crippen molar-refractivity contribution in [2.24, 2.45) is 5.92 Å². The number of anilines is 2. The smallest absolute Gasteiger partial charge is 0.410 e. The zero-order valence-electron chi connectivity index (χ0n) is 27.5. The Balaban J connectivity index is 1.43. The number of allylic oxidation sites excluding steroid dienone is 1. The second kappa shape index (κ2) is 14.5. The van der Waals surface area contributed by atoms with Crippen LogP contribution >= 0.6 is 0 Å². The molecule has 1 amide bonds. The largest absolute Gasteiger partial charge is 0.463 e. The first-order valence-electron chi connectivity index (χ1n) is 16.6. The lowest BCUT2D eigenvalue weighted by molar-refractivity contribution is 0.0144. The SMILES string of the molecule is C=CC[C@@H](CCCC)COc1nc2c(c(N3CCN(C(=O)OC(C)(C)C)[C@@H](CC#N)C3)n1)CCN(c1cnccc1C1CC1)C2. The lowest BCUT2D eigenvalue weighted by Gasteiger charge is -2.42. The number of carbonyl (C=O) groups is 1. The van der Waals surface area contributed by atoms with Crippen molar-refractivity contribution in [1.82, 2.24) is 19.9 Å². The fourth-order valence-corrected chi connectivity index (χ4v) is 6.40. The standard InChI is InChI=1S/C35H49N7O3/c1-6-8-10-25(9-7-2)24-44-33-38-30-23-40(31-21-37-17-14-28(31)26-11-12-26)18-15-29(30)32(39-33)41-19-20-42(27(22-41)13-16-36)34(43)45-35(3,4)5/h7,14,17,21,25-27H,2,6,8-13,15,18-20,22-24H2,1,3-5H3/t25-,27-/m0/s1. The van der Waals surface area contributed by atoms with E-state index in [-0.39, 0.29) is 18.6 Å². The third-order valence-electron chi connectivity index (χ3n) is 8.86. The van der Waals surface area contributed by atoms with Crippen LogP contribution in [0.3, 0.4) is 0 Å². The van der Waals surface area contributed by atoms with E-state index >= 15 is 0 Å². The van der Waals surface area contributed by atoms with Gasteiger partial charge in [0.15, 0.2) is 0 Å². The molecule has 3 aliphatic rings. The summed E-state index contributed by atoms with van der Waals surface area (Å²) in [5.74, 6) is 1.83. The first-order chi connectivity index (χ1) is 21.7. The van der Waals surface area contributed by atoms with Gasteiger partial charge in [0.2, 0.25) is 0 Å². The lowest BCUT2D eigenvalue weighted by atomic mass is 9.99. The van der Waals surface area contributed by atoms with E-state index in [9.17, 15) is 10.1 Å². The summed E-state index contributed by atoms with van der Waals surface area (Å²) in [6.07, 6.45) is 13.2. The zero-order chi connectivity index (χ0) is 32.0.